The average molecular weight is 340 g/mol. The van der Waals surface area contributed by atoms with Crippen LogP contribution in [0.5, 0.6) is 5.75 Å². The van der Waals surface area contributed by atoms with Gasteiger partial charge in [-0.15, -0.1) is 0 Å². The van der Waals surface area contributed by atoms with Crippen molar-refractivity contribution < 1.29 is 9.53 Å². The third-order valence-corrected chi connectivity index (χ3v) is 3.51. The van der Waals surface area contributed by atoms with Gasteiger partial charge in [-0.05, 0) is 58.7 Å². The third-order valence-electron chi connectivity index (χ3n) is 2.61. The molecule has 0 aliphatic heterocycles. The normalized spacial score (nSPS) is 10.3. The standard InChI is InChI=1S/C15H12BrClO2/c1-10(18)14-6-5-13(8-15(14)16)19-9-11-3-2-4-12(17)7-11/h2-8H,9H2,1H3. The number of ketones is 1. The average Bonchev–Trinajstić information content (AvgIpc) is 2.36. The van der Waals surface area contributed by atoms with Crippen molar-refractivity contribution in [3.63, 3.8) is 0 Å². The van der Waals surface area contributed by atoms with E-state index in [1.165, 1.54) is 6.92 Å². The second kappa shape index (κ2) is 6.22. The summed E-state index contributed by atoms with van der Waals surface area (Å²) in [4.78, 5) is 11.3. The van der Waals surface area contributed by atoms with Crippen LogP contribution in [0.2, 0.25) is 5.02 Å². The summed E-state index contributed by atoms with van der Waals surface area (Å²) in [5.74, 6) is 0.727. The first-order valence-corrected chi connectivity index (χ1v) is 6.91. The van der Waals surface area contributed by atoms with Gasteiger partial charge < -0.3 is 4.74 Å². The summed E-state index contributed by atoms with van der Waals surface area (Å²) in [6.07, 6.45) is 0. The van der Waals surface area contributed by atoms with E-state index in [1.807, 2.05) is 24.3 Å². The van der Waals surface area contributed by atoms with Gasteiger partial charge in [-0.1, -0.05) is 23.7 Å². The molecule has 0 amide bonds. The second-order valence-electron chi connectivity index (χ2n) is 4.12. The monoisotopic (exact) mass is 338 g/mol. The van der Waals surface area contributed by atoms with Crippen molar-refractivity contribution in [2.45, 2.75) is 13.5 Å². The third kappa shape index (κ3) is 3.82. The molecule has 98 valence electrons. The largest absolute Gasteiger partial charge is 0.489 e. The minimum atomic E-state index is 0.0215. The topological polar surface area (TPSA) is 26.3 Å². The molecule has 0 bridgehead atoms. The molecule has 4 heteroatoms. The number of halogens is 2. The summed E-state index contributed by atoms with van der Waals surface area (Å²) in [6.45, 7) is 1.97. The first kappa shape index (κ1) is 14.1. The van der Waals surface area contributed by atoms with Gasteiger partial charge in [0.2, 0.25) is 0 Å². The number of ether oxygens (including phenoxy) is 1. The number of carbonyl (C=O) groups is 1. The Labute approximate surface area is 125 Å². The van der Waals surface area contributed by atoms with E-state index in [0.29, 0.717) is 22.9 Å². The molecule has 0 aliphatic carbocycles. The predicted octanol–water partition coefficient (Wildman–Crippen LogP) is 4.88. The Hall–Kier alpha value is -1.32. The summed E-state index contributed by atoms with van der Waals surface area (Å²) in [5, 5.41) is 0.689. The van der Waals surface area contributed by atoms with Gasteiger partial charge in [0.15, 0.2) is 5.78 Å². The van der Waals surface area contributed by atoms with E-state index in [4.69, 9.17) is 16.3 Å². The quantitative estimate of drug-likeness (QED) is 0.742. The number of benzene rings is 2. The van der Waals surface area contributed by atoms with Crippen molar-refractivity contribution in [3.05, 3.63) is 63.1 Å². The lowest BCUT2D eigenvalue weighted by Gasteiger charge is -2.08. The SMILES string of the molecule is CC(=O)c1ccc(OCc2cccc(Cl)c2)cc1Br. The minimum absolute atomic E-state index is 0.0215. The van der Waals surface area contributed by atoms with Gasteiger partial charge in [-0.25, -0.2) is 0 Å². The Bertz CT molecular complexity index is 611. The van der Waals surface area contributed by atoms with Crippen molar-refractivity contribution in [2.75, 3.05) is 0 Å². The Morgan fingerprint density at radius 2 is 2.05 bits per heavy atom. The van der Waals surface area contributed by atoms with E-state index >= 15 is 0 Å². The molecule has 2 nitrogen and oxygen atoms in total. The van der Waals surface area contributed by atoms with E-state index in [2.05, 4.69) is 15.9 Å². The fourth-order valence-corrected chi connectivity index (χ4v) is 2.51. The first-order valence-electron chi connectivity index (χ1n) is 5.74. The van der Waals surface area contributed by atoms with Crippen LogP contribution in [0.25, 0.3) is 0 Å². The molecule has 0 saturated carbocycles. The number of carbonyl (C=O) groups excluding carboxylic acids is 1. The molecule has 2 aromatic carbocycles. The molecular weight excluding hydrogens is 328 g/mol. The highest BCUT2D eigenvalue weighted by atomic mass is 79.9. The van der Waals surface area contributed by atoms with Crippen LogP contribution in [0.3, 0.4) is 0 Å². The molecule has 2 aromatic rings. The van der Waals surface area contributed by atoms with Crippen molar-refractivity contribution in [3.8, 4) is 5.75 Å². The highest BCUT2D eigenvalue weighted by molar-refractivity contribution is 9.10. The zero-order chi connectivity index (χ0) is 13.8. The van der Waals surface area contributed by atoms with Crippen LogP contribution in [-0.2, 0) is 6.61 Å². The highest BCUT2D eigenvalue weighted by Gasteiger charge is 2.06. The van der Waals surface area contributed by atoms with Crippen LogP contribution in [0.4, 0.5) is 0 Å². The van der Waals surface area contributed by atoms with Crippen LogP contribution in [0.15, 0.2) is 46.9 Å². The molecule has 0 fully saturated rings. The van der Waals surface area contributed by atoms with Gasteiger partial charge >= 0.3 is 0 Å². The van der Waals surface area contributed by atoms with Crippen molar-refractivity contribution in [2.24, 2.45) is 0 Å². The number of Topliss-reactive ketones (excluding diaryl/α,β-unsaturated/α-hetero) is 1. The lowest BCUT2D eigenvalue weighted by molar-refractivity contribution is 0.101. The summed E-state index contributed by atoms with van der Waals surface area (Å²) in [5.41, 5.74) is 1.65. The Morgan fingerprint density at radius 3 is 2.68 bits per heavy atom. The van der Waals surface area contributed by atoms with E-state index in [0.717, 1.165) is 10.0 Å². The fourth-order valence-electron chi connectivity index (χ4n) is 1.66. The molecule has 0 aliphatic rings. The maximum atomic E-state index is 11.3. The predicted molar refractivity (Wildman–Crippen MR) is 79.9 cm³/mol. The molecule has 19 heavy (non-hydrogen) atoms. The van der Waals surface area contributed by atoms with Crippen LogP contribution in [0, 0.1) is 0 Å². The zero-order valence-electron chi connectivity index (χ0n) is 10.3. The van der Waals surface area contributed by atoms with Crippen LogP contribution in [-0.4, -0.2) is 5.78 Å². The lowest BCUT2D eigenvalue weighted by atomic mass is 10.1. The lowest BCUT2D eigenvalue weighted by Crippen LogP contribution is -1.97. The van der Waals surface area contributed by atoms with Crippen molar-refractivity contribution >= 4 is 33.3 Å². The molecule has 0 N–H and O–H groups in total. The molecule has 0 heterocycles. The molecule has 0 saturated heterocycles. The van der Waals surface area contributed by atoms with Gasteiger partial charge in [0, 0.05) is 15.1 Å². The maximum Gasteiger partial charge on any atom is 0.160 e. The summed E-state index contributed by atoms with van der Waals surface area (Å²) >= 11 is 9.27. The van der Waals surface area contributed by atoms with Gasteiger partial charge in [0.25, 0.3) is 0 Å². The number of hydrogen-bond donors (Lipinski definition) is 0. The van der Waals surface area contributed by atoms with E-state index < -0.39 is 0 Å². The Morgan fingerprint density at radius 1 is 1.26 bits per heavy atom. The van der Waals surface area contributed by atoms with E-state index in [9.17, 15) is 4.79 Å². The first-order chi connectivity index (χ1) is 9.06. The molecule has 0 spiro atoms. The molecule has 0 unspecified atom stereocenters. The van der Waals surface area contributed by atoms with Gasteiger partial charge in [-0.3, -0.25) is 4.79 Å². The fraction of sp³-hybridized carbons (Fsp3) is 0.133. The Balaban J connectivity index is 2.08. The highest BCUT2D eigenvalue weighted by Crippen LogP contribution is 2.24. The number of hydrogen-bond acceptors (Lipinski definition) is 2. The van der Waals surface area contributed by atoms with Crippen LogP contribution < -0.4 is 4.74 Å². The van der Waals surface area contributed by atoms with Gasteiger partial charge in [0.05, 0.1) is 0 Å². The van der Waals surface area contributed by atoms with Crippen molar-refractivity contribution in [1.82, 2.24) is 0 Å². The Kier molecular flexibility index (Phi) is 4.61. The van der Waals surface area contributed by atoms with Crippen LogP contribution in [0.1, 0.15) is 22.8 Å². The number of rotatable bonds is 4. The maximum absolute atomic E-state index is 11.3. The molecular formula is C15H12BrClO2. The summed E-state index contributed by atoms with van der Waals surface area (Å²) in [6, 6.07) is 12.8. The molecule has 0 radical (unpaired) electrons. The molecule has 0 atom stereocenters. The van der Waals surface area contributed by atoms with E-state index in [1.54, 1.807) is 18.2 Å². The van der Waals surface area contributed by atoms with Crippen LogP contribution >= 0.6 is 27.5 Å². The summed E-state index contributed by atoms with van der Waals surface area (Å²) < 4.78 is 6.40. The zero-order valence-corrected chi connectivity index (χ0v) is 12.7. The second-order valence-corrected chi connectivity index (χ2v) is 5.41. The minimum Gasteiger partial charge on any atom is -0.489 e. The van der Waals surface area contributed by atoms with E-state index in [-0.39, 0.29) is 5.78 Å². The van der Waals surface area contributed by atoms with Crippen molar-refractivity contribution in [1.29, 1.82) is 0 Å². The molecule has 0 aromatic heterocycles. The smallest absolute Gasteiger partial charge is 0.160 e. The molecule has 2 rings (SSSR count). The summed E-state index contributed by atoms with van der Waals surface area (Å²) in [7, 11) is 0. The van der Waals surface area contributed by atoms with Gasteiger partial charge in [0.1, 0.15) is 12.4 Å². The van der Waals surface area contributed by atoms with Gasteiger partial charge in [-0.2, -0.15) is 0 Å².